The van der Waals surface area contributed by atoms with Crippen molar-refractivity contribution in [1.29, 1.82) is 0 Å². The van der Waals surface area contributed by atoms with Gasteiger partial charge in [-0.15, -0.1) is 0 Å². The first-order valence-corrected chi connectivity index (χ1v) is 5.73. The third-order valence-corrected chi connectivity index (χ3v) is 2.94. The fourth-order valence-corrected chi connectivity index (χ4v) is 1.90. The predicted molar refractivity (Wildman–Crippen MR) is 63.8 cm³/mol. The summed E-state index contributed by atoms with van der Waals surface area (Å²) in [5, 5.41) is 12.9. The van der Waals surface area contributed by atoms with Crippen molar-refractivity contribution in [2.45, 2.75) is 6.10 Å². The predicted octanol–water partition coefficient (Wildman–Crippen LogP) is 1.16. The zero-order chi connectivity index (χ0) is 12.5. The molecule has 1 aromatic heterocycles. The Labute approximate surface area is 104 Å². The zero-order valence-electron chi connectivity index (χ0n) is 9.61. The van der Waals surface area contributed by atoms with Gasteiger partial charge < -0.3 is 14.5 Å². The zero-order valence-corrected chi connectivity index (χ0v) is 9.61. The average Bonchev–Trinajstić information content (AvgIpc) is 2.85. The highest BCUT2D eigenvalue weighted by Gasteiger charge is 2.31. The molecule has 18 heavy (non-hydrogen) atoms. The molecule has 92 valence electrons. The number of amides is 1. The summed E-state index contributed by atoms with van der Waals surface area (Å²) in [5.74, 6) is 0.367. The Hall–Kier alpha value is -2.14. The van der Waals surface area contributed by atoms with Gasteiger partial charge in [-0.1, -0.05) is 35.5 Å². The van der Waals surface area contributed by atoms with E-state index < -0.39 is 6.10 Å². The second-order valence-corrected chi connectivity index (χ2v) is 4.31. The Morgan fingerprint density at radius 1 is 1.33 bits per heavy atom. The van der Waals surface area contributed by atoms with E-state index >= 15 is 0 Å². The molecule has 1 aliphatic heterocycles. The van der Waals surface area contributed by atoms with Crippen LogP contribution in [-0.4, -0.2) is 40.3 Å². The van der Waals surface area contributed by atoms with Gasteiger partial charge in [0.05, 0.1) is 6.10 Å². The molecule has 1 fully saturated rings. The van der Waals surface area contributed by atoms with E-state index in [4.69, 9.17) is 9.63 Å². The van der Waals surface area contributed by atoms with E-state index in [-0.39, 0.29) is 11.6 Å². The van der Waals surface area contributed by atoms with Crippen molar-refractivity contribution in [3.05, 3.63) is 42.1 Å². The van der Waals surface area contributed by atoms with Crippen LogP contribution in [0.5, 0.6) is 0 Å². The molecule has 5 heteroatoms. The maximum absolute atomic E-state index is 11.9. The summed E-state index contributed by atoms with van der Waals surface area (Å²) in [4.78, 5) is 13.4. The summed E-state index contributed by atoms with van der Waals surface area (Å²) < 4.78 is 5.16. The summed E-state index contributed by atoms with van der Waals surface area (Å²) in [7, 11) is 0. The van der Waals surface area contributed by atoms with Crippen LogP contribution >= 0.6 is 0 Å². The Balaban J connectivity index is 1.80. The van der Waals surface area contributed by atoms with Crippen LogP contribution in [0.3, 0.4) is 0 Å². The molecule has 1 aromatic carbocycles. The highest BCUT2D eigenvalue weighted by atomic mass is 16.5. The van der Waals surface area contributed by atoms with Crippen LogP contribution < -0.4 is 0 Å². The van der Waals surface area contributed by atoms with E-state index in [0.29, 0.717) is 18.8 Å². The summed E-state index contributed by atoms with van der Waals surface area (Å²) in [6, 6.07) is 11.1. The smallest absolute Gasteiger partial charge is 0.276 e. The maximum Gasteiger partial charge on any atom is 0.276 e. The molecule has 0 spiro atoms. The molecule has 1 N–H and O–H groups in total. The van der Waals surface area contributed by atoms with Crippen molar-refractivity contribution < 1.29 is 14.4 Å². The van der Waals surface area contributed by atoms with Crippen LogP contribution in [-0.2, 0) is 0 Å². The maximum atomic E-state index is 11.9. The SMILES string of the molecule is O=C(c1cc(-c2ccccc2)on1)N1CC(O)C1. The fraction of sp³-hybridized carbons (Fsp3) is 0.231. The van der Waals surface area contributed by atoms with Crippen LogP contribution in [0.15, 0.2) is 40.9 Å². The Morgan fingerprint density at radius 2 is 2.06 bits per heavy atom. The standard InChI is InChI=1S/C13H12N2O3/c16-10-7-15(8-10)13(17)11-6-12(18-14-11)9-4-2-1-3-5-9/h1-6,10,16H,7-8H2. The molecule has 1 aliphatic rings. The third-order valence-electron chi connectivity index (χ3n) is 2.94. The van der Waals surface area contributed by atoms with Gasteiger partial charge in [-0.3, -0.25) is 4.79 Å². The van der Waals surface area contributed by atoms with E-state index in [0.717, 1.165) is 5.56 Å². The topological polar surface area (TPSA) is 66.6 Å². The second kappa shape index (κ2) is 4.27. The van der Waals surface area contributed by atoms with E-state index in [1.807, 2.05) is 30.3 Å². The van der Waals surface area contributed by atoms with Gasteiger partial charge in [0.25, 0.3) is 5.91 Å². The minimum Gasteiger partial charge on any atom is -0.389 e. The van der Waals surface area contributed by atoms with E-state index in [1.54, 1.807) is 6.07 Å². The Morgan fingerprint density at radius 3 is 2.72 bits per heavy atom. The number of nitrogens with zero attached hydrogens (tertiary/aromatic N) is 2. The Bertz CT molecular complexity index is 559. The van der Waals surface area contributed by atoms with Gasteiger partial charge in [-0.2, -0.15) is 0 Å². The lowest BCUT2D eigenvalue weighted by atomic mass is 10.1. The molecular formula is C13H12N2O3. The number of likely N-dealkylation sites (tertiary alicyclic amines) is 1. The first-order chi connectivity index (χ1) is 8.74. The lowest BCUT2D eigenvalue weighted by Gasteiger charge is -2.35. The van der Waals surface area contributed by atoms with Gasteiger partial charge in [-0.05, 0) is 0 Å². The van der Waals surface area contributed by atoms with Crippen LogP contribution in [0, 0.1) is 0 Å². The highest BCUT2D eigenvalue weighted by Crippen LogP contribution is 2.21. The second-order valence-electron chi connectivity index (χ2n) is 4.31. The minimum atomic E-state index is -0.408. The van der Waals surface area contributed by atoms with Gasteiger partial charge in [-0.25, -0.2) is 0 Å². The first-order valence-electron chi connectivity index (χ1n) is 5.73. The molecule has 1 saturated heterocycles. The molecule has 5 nitrogen and oxygen atoms in total. The van der Waals surface area contributed by atoms with Gasteiger partial charge in [0.2, 0.25) is 0 Å². The number of carbonyl (C=O) groups is 1. The van der Waals surface area contributed by atoms with Crippen molar-refractivity contribution in [1.82, 2.24) is 10.1 Å². The lowest BCUT2D eigenvalue weighted by molar-refractivity contribution is 0.00525. The normalized spacial score (nSPS) is 15.5. The number of aliphatic hydroxyl groups is 1. The van der Waals surface area contributed by atoms with E-state index in [1.165, 1.54) is 4.90 Å². The van der Waals surface area contributed by atoms with Crippen LogP contribution in [0.25, 0.3) is 11.3 Å². The van der Waals surface area contributed by atoms with Crippen molar-refractivity contribution in [2.24, 2.45) is 0 Å². The highest BCUT2D eigenvalue weighted by molar-refractivity contribution is 5.93. The molecule has 0 radical (unpaired) electrons. The van der Waals surface area contributed by atoms with Crippen molar-refractivity contribution in [2.75, 3.05) is 13.1 Å². The lowest BCUT2D eigenvalue weighted by Crippen LogP contribution is -2.53. The summed E-state index contributed by atoms with van der Waals surface area (Å²) in [5.41, 5.74) is 1.16. The van der Waals surface area contributed by atoms with Gasteiger partial charge in [0.1, 0.15) is 0 Å². The average molecular weight is 244 g/mol. The Kier molecular flexibility index (Phi) is 2.60. The molecule has 0 saturated carbocycles. The molecule has 0 aliphatic carbocycles. The first kappa shape index (κ1) is 11.0. The molecule has 0 bridgehead atoms. The van der Waals surface area contributed by atoms with Crippen LogP contribution in [0.2, 0.25) is 0 Å². The monoisotopic (exact) mass is 244 g/mol. The molecule has 3 rings (SSSR count). The molecule has 1 amide bonds. The van der Waals surface area contributed by atoms with E-state index in [9.17, 15) is 4.79 Å². The summed E-state index contributed by atoms with van der Waals surface area (Å²) in [6.07, 6.45) is -0.408. The van der Waals surface area contributed by atoms with Crippen LogP contribution in [0.4, 0.5) is 0 Å². The van der Waals surface area contributed by atoms with Crippen LogP contribution in [0.1, 0.15) is 10.5 Å². The van der Waals surface area contributed by atoms with Crippen molar-refractivity contribution in [3.8, 4) is 11.3 Å². The number of aromatic nitrogens is 1. The number of benzene rings is 1. The van der Waals surface area contributed by atoms with Gasteiger partial charge >= 0.3 is 0 Å². The number of β-amino-alcohol motifs (C(OH)–C–C–N with tert-alkyl or cyclic N) is 1. The summed E-state index contributed by atoms with van der Waals surface area (Å²) >= 11 is 0. The molecule has 0 unspecified atom stereocenters. The number of hydrogen-bond donors (Lipinski definition) is 1. The van der Waals surface area contributed by atoms with Crippen molar-refractivity contribution >= 4 is 5.91 Å². The third kappa shape index (κ3) is 1.89. The van der Waals surface area contributed by atoms with Crippen molar-refractivity contribution in [3.63, 3.8) is 0 Å². The van der Waals surface area contributed by atoms with E-state index in [2.05, 4.69) is 5.16 Å². The fourth-order valence-electron chi connectivity index (χ4n) is 1.90. The quantitative estimate of drug-likeness (QED) is 0.860. The largest absolute Gasteiger partial charge is 0.389 e. The van der Waals surface area contributed by atoms with Gasteiger partial charge in [0.15, 0.2) is 11.5 Å². The number of carbonyl (C=O) groups excluding carboxylic acids is 1. The number of aliphatic hydroxyl groups excluding tert-OH is 1. The molecule has 0 atom stereocenters. The number of hydrogen-bond acceptors (Lipinski definition) is 4. The molecule has 2 aromatic rings. The molecular weight excluding hydrogens is 232 g/mol. The molecule has 2 heterocycles. The minimum absolute atomic E-state index is 0.203. The van der Waals surface area contributed by atoms with Gasteiger partial charge in [0, 0.05) is 24.7 Å². The number of rotatable bonds is 2. The summed E-state index contributed by atoms with van der Waals surface area (Å²) in [6.45, 7) is 0.735.